The molecule has 0 spiro atoms. The highest BCUT2D eigenvalue weighted by Crippen LogP contribution is 2.25. The first-order valence-electron chi connectivity index (χ1n) is 5.53. The predicted octanol–water partition coefficient (Wildman–Crippen LogP) is 2.52. The Morgan fingerprint density at radius 1 is 1.42 bits per heavy atom. The molecule has 102 valence electrons. The number of carbonyl (C=O) groups is 2. The highest BCUT2D eigenvalue weighted by Gasteiger charge is 2.34. The van der Waals surface area contributed by atoms with Crippen LogP contribution in [0.3, 0.4) is 0 Å². The minimum atomic E-state index is -0.972. The van der Waals surface area contributed by atoms with Gasteiger partial charge in [-0.15, -0.1) is 11.8 Å². The number of hydrogen-bond acceptors (Lipinski definition) is 3. The van der Waals surface area contributed by atoms with Crippen LogP contribution in [0.25, 0.3) is 0 Å². The summed E-state index contributed by atoms with van der Waals surface area (Å²) >= 11 is 13.2. The molecule has 0 aliphatic carbocycles. The van der Waals surface area contributed by atoms with Crippen LogP contribution in [0.2, 0.25) is 10.0 Å². The van der Waals surface area contributed by atoms with Crippen molar-refractivity contribution in [2.75, 3.05) is 11.6 Å². The van der Waals surface area contributed by atoms with E-state index in [1.165, 1.54) is 16.7 Å². The molecule has 7 heteroatoms. The van der Waals surface area contributed by atoms with Crippen LogP contribution in [-0.2, 0) is 16.0 Å². The van der Waals surface area contributed by atoms with E-state index in [1.54, 1.807) is 18.2 Å². The second-order valence-electron chi connectivity index (χ2n) is 4.13. The van der Waals surface area contributed by atoms with Gasteiger partial charge in [0.25, 0.3) is 0 Å². The maximum absolute atomic E-state index is 12.1. The van der Waals surface area contributed by atoms with Gasteiger partial charge in [-0.3, -0.25) is 4.79 Å². The van der Waals surface area contributed by atoms with Gasteiger partial charge in [0.05, 0.1) is 12.3 Å². The zero-order valence-electron chi connectivity index (χ0n) is 9.81. The zero-order valence-corrected chi connectivity index (χ0v) is 12.1. The number of carboxylic acid groups (broad SMARTS) is 1. The first-order chi connectivity index (χ1) is 8.99. The van der Waals surface area contributed by atoms with Gasteiger partial charge in [-0.1, -0.05) is 29.3 Å². The van der Waals surface area contributed by atoms with Gasteiger partial charge in [0.1, 0.15) is 6.04 Å². The number of carbonyl (C=O) groups excluding carboxylic acids is 1. The van der Waals surface area contributed by atoms with Crippen LogP contribution in [0.1, 0.15) is 5.56 Å². The Labute approximate surface area is 124 Å². The number of carboxylic acids is 1. The van der Waals surface area contributed by atoms with Gasteiger partial charge in [-0.25, -0.2) is 4.79 Å². The fourth-order valence-corrected chi connectivity index (χ4v) is 3.47. The molecule has 1 atom stereocenters. The molecule has 4 nitrogen and oxygen atoms in total. The Morgan fingerprint density at radius 3 is 2.79 bits per heavy atom. The Balaban J connectivity index is 2.10. The standard InChI is InChI=1S/C12H11Cl2NO3S/c13-8-2-1-7(9(14)4-8)3-11(16)15-6-19-5-10(15)12(17)18/h1-2,4,10H,3,5-6H2,(H,17,18)/t10-/m0/s1. The fourth-order valence-electron chi connectivity index (χ4n) is 1.82. The molecule has 1 amide bonds. The van der Waals surface area contributed by atoms with E-state index in [9.17, 15) is 9.59 Å². The van der Waals surface area contributed by atoms with E-state index in [0.717, 1.165) is 0 Å². The third kappa shape index (κ3) is 3.35. The van der Waals surface area contributed by atoms with E-state index in [1.807, 2.05) is 0 Å². The summed E-state index contributed by atoms with van der Waals surface area (Å²) in [7, 11) is 0. The third-order valence-electron chi connectivity index (χ3n) is 2.84. The monoisotopic (exact) mass is 319 g/mol. The number of thioether (sulfide) groups is 1. The normalized spacial score (nSPS) is 18.6. The molecule has 1 heterocycles. The van der Waals surface area contributed by atoms with Crippen molar-refractivity contribution in [2.45, 2.75) is 12.5 Å². The van der Waals surface area contributed by atoms with Gasteiger partial charge in [-0.2, -0.15) is 0 Å². The molecule has 0 bridgehead atoms. The van der Waals surface area contributed by atoms with E-state index in [4.69, 9.17) is 28.3 Å². The van der Waals surface area contributed by atoms with E-state index in [2.05, 4.69) is 0 Å². The van der Waals surface area contributed by atoms with Crippen molar-refractivity contribution in [3.05, 3.63) is 33.8 Å². The highest BCUT2D eigenvalue weighted by molar-refractivity contribution is 7.99. The smallest absolute Gasteiger partial charge is 0.327 e. The van der Waals surface area contributed by atoms with Gasteiger partial charge in [0.15, 0.2) is 0 Å². The minimum absolute atomic E-state index is 0.0837. The molecular formula is C12H11Cl2NO3S. The van der Waals surface area contributed by atoms with Crippen molar-refractivity contribution >= 4 is 46.8 Å². The Kier molecular flexibility index (Phi) is 4.60. The Morgan fingerprint density at radius 2 is 2.16 bits per heavy atom. The molecule has 1 aromatic carbocycles. The van der Waals surface area contributed by atoms with Crippen LogP contribution in [0.15, 0.2) is 18.2 Å². The molecule has 0 saturated carbocycles. The number of nitrogens with zero attached hydrogens (tertiary/aromatic N) is 1. The predicted molar refractivity (Wildman–Crippen MR) is 75.8 cm³/mol. The summed E-state index contributed by atoms with van der Waals surface area (Å²) in [5.74, 6) is -0.377. The molecular weight excluding hydrogens is 309 g/mol. The molecule has 1 saturated heterocycles. The Hall–Kier alpha value is -0.910. The van der Waals surface area contributed by atoms with Gasteiger partial charge in [0.2, 0.25) is 5.91 Å². The summed E-state index contributed by atoms with van der Waals surface area (Å²) < 4.78 is 0. The molecule has 2 rings (SSSR count). The number of hydrogen-bond donors (Lipinski definition) is 1. The summed E-state index contributed by atoms with van der Waals surface area (Å²) in [6.07, 6.45) is 0.0837. The van der Waals surface area contributed by atoms with Crippen LogP contribution < -0.4 is 0 Å². The van der Waals surface area contributed by atoms with Crippen LogP contribution in [0.5, 0.6) is 0 Å². The lowest BCUT2D eigenvalue weighted by Crippen LogP contribution is -2.42. The van der Waals surface area contributed by atoms with Crippen molar-refractivity contribution in [3.63, 3.8) is 0 Å². The first-order valence-corrected chi connectivity index (χ1v) is 7.44. The van der Waals surface area contributed by atoms with Crippen molar-refractivity contribution in [3.8, 4) is 0 Å². The topological polar surface area (TPSA) is 57.6 Å². The summed E-state index contributed by atoms with van der Waals surface area (Å²) in [6.45, 7) is 0. The minimum Gasteiger partial charge on any atom is -0.480 e. The van der Waals surface area contributed by atoms with E-state index >= 15 is 0 Å². The van der Waals surface area contributed by atoms with E-state index in [0.29, 0.717) is 27.2 Å². The van der Waals surface area contributed by atoms with Crippen molar-refractivity contribution < 1.29 is 14.7 Å². The SMILES string of the molecule is O=C(O)[C@@H]1CSCN1C(=O)Cc1ccc(Cl)cc1Cl. The maximum atomic E-state index is 12.1. The average molecular weight is 320 g/mol. The molecule has 1 fully saturated rings. The van der Waals surface area contributed by atoms with Gasteiger partial charge in [0, 0.05) is 15.8 Å². The fraction of sp³-hybridized carbons (Fsp3) is 0.333. The van der Waals surface area contributed by atoms with Crippen molar-refractivity contribution in [1.82, 2.24) is 4.90 Å². The molecule has 1 N–H and O–H groups in total. The molecule has 1 aromatic rings. The molecule has 0 unspecified atom stereocenters. The largest absolute Gasteiger partial charge is 0.480 e. The lowest BCUT2D eigenvalue weighted by Gasteiger charge is -2.20. The summed E-state index contributed by atoms with van der Waals surface area (Å²) in [4.78, 5) is 24.5. The highest BCUT2D eigenvalue weighted by atomic mass is 35.5. The van der Waals surface area contributed by atoms with Crippen LogP contribution in [0.4, 0.5) is 0 Å². The molecule has 19 heavy (non-hydrogen) atoms. The number of halogens is 2. The first kappa shape index (κ1) is 14.5. The lowest BCUT2D eigenvalue weighted by molar-refractivity contribution is -0.147. The molecule has 1 aliphatic rings. The molecule has 0 aromatic heterocycles. The number of aliphatic carboxylic acids is 1. The van der Waals surface area contributed by atoms with Crippen molar-refractivity contribution in [2.24, 2.45) is 0 Å². The second kappa shape index (κ2) is 6.03. The quantitative estimate of drug-likeness (QED) is 0.930. The zero-order chi connectivity index (χ0) is 14.0. The lowest BCUT2D eigenvalue weighted by atomic mass is 10.1. The van der Waals surface area contributed by atoms with E-state index < -0.39 is 12.0 Å². The van der Waals surface area contributed by atoms with Crippen molar-refractivity contribution in [1.29, 1.82) is 0 Å². The van der Waals surface area contributed by atoms with Crippen LogP contribution in [0, 0.1) is 0 Å². The summed E-state index contributed by atoms with van der Waals surface area (Å²) in [5, 5.41) is 9.96. The Bertz CT molecular complexity index is 524. The van der Waals surface area contributed by atoms with E-state index in [-0.39, 0.29) is 12.3 Å². The molecule has 0 radical (unpaired) electrons. The summed E-state index contributed by atoms with van der Waals surface area (Å²) in [5.41, 5.74) is 0.650. The molecule has 1 aliphatic heterocycles. The number of benzene rings is 1. The van der Waals surface area contributed by atoms with Gasteiger partial charge in [-0.05, 0) is 17.7 Å². The average Bonchev–Trinajstić information content (AvgIpc) is 2.82. The second-order valence-corrected chi connectivity index (χ2v) is 5.97. The summed E-state index contributed by atoms with van der Waals surface area (Å²) in [6, 6.07) is 4.16. The number of amides is 1. The van der Waals surface area contributed by atoms with Gasteiger partial charge >= 0.3 is 5.97 Å². The van der Waals surface area contributed by atoms with Crippen LogP contribution >= 0.6 is 35.0 Å². The van der Waals surface area contributed by atoms with Crippen LogP contribution in [-0.4, -0.2) is 39.6 Å². The maximum Gasteiger partial charge on any atom is 0.327 e. The van der Waals surface area contributed by atoms with Gasteiger partial charge < -0.3 is 10.0 Å². The number of rotatable bonds is 3. The third-order valence-corrected chi connectivity index (χ3v) is 4.44.